The molecule has 0 aliphatic carbocycles. The second-order valence-corrected chi connectivity index (χ2v) is 4.31. The Morgan fingerprint density at radius 2 is 2.31 bits per heavy atom. The van der Waals surface area contributed by atoms with Gasteiger partial charge in [0.2, 0.25) is 5.91 Å². The van der Waals surface area contributed by atoms with E-state index in [2.05, 4.69) is 17.1 Å². The molecule has 0 aromatic carbocycles. The van der Waals surface area contributed by atoms with Crippen LogP contribution in [0.25, 0.3) is 0 Å². The van der Waals surface area contributed by atoms with Crippen LogP contribution in [0.2, 0.25) is 0 Å². The first-order chi connectivity index (χ1) is 6.27. The number of carbonyl (C=O) groups excluding carboxylic acids is 1. The van der Waals surface area contributed by atoms with E-state index in [0.29, 0.717) is 17.9 Å². The quantitative estimate of drug-likeness (QED) is 0.678. The van der Waals surface area contributed by atoms with Crippen LogP contribution < -0.4 is 5.32 Å². The molecule has 0 aromatic heterocycles. The molecule has 3 heteroatoms. The molecule has 1 N–H and O–H groups in total. The zero-order valence-electron chi connectivity index (χ0n) is 8.25. The Kier molecular flexibility index (Phi) is 2.54. The van der Waals surface area contributed by atoms with Gasteiger partial charge in [0.1, 0.15) is 0 Å². The van der Waals surface area contributed by atoms with Crippen LogP contribution in [0.15, 0.2) is 0 Å². The minimum Gasteiger partial charge on any atom is -0.340 e. The van der Waals surface area contributed by atoms with Crippen molar-refractivity contribution in [1.29, 1.82) is 0 Å². The van der Waals surface area contributed by atoms with E-state index in [1.165, 1.54) is 12.8 Å². The second-order valence-electron chi connectivity index (χ2n) is 4.31. The van der Waals surface area contributed by atoms with Crippen LogP contribution >= 0.6 is 0 Å². The molecule has 2 aliphatic heterocycles. The summed E-state index contributed by atoms with van der Waals surface area (Å²) in [5, 5.41) is 3.20. The summed E-state index contributed by atoms with van der Waals surface area (Å²) < 4.78 is 0. The third-order valence-electron chi connectivity index (χ3n) is 3.20. The van der Waals surface area contributed by atoms with Gasteiger partial charge in [-0.25, -0.2) is 0 Å². The Balaban J connectivity index is 1.81. The molecule has 2 saturated heterocycles. The van der Waals surface area contributed by atoms with Gasteiger partial charge in [-0.2, -0.15) is 0 Å². The second kappa shape index (κ2) is 3.66. The minimum atomic E-state index is 0.372. The number of nitrogens with one attached hydrogen (secondary N) is 1. The molecule has 1 amide bonds. The molecule has 13 heavy (non-hydrogen) atoms. The monoisotopic (exact) mass is 182 g/mol. The molecule has 1 unspecified atom stereocenters. The first-order valence-electron chi connectivity index (χ1n) is 5.27. The highest BCUT2D eigenvalue weighted by Crippen LogP contribution is 2.19. The van der Waals surface area contributed by atoms with Gasteiger partial charge in [-0.3, -0.25) is 4.79 Å². The topological polar surface area (TPSA) is 32.3 Å². The molecule has 0 radical (unpaired) electrons. The lowest BCUT2D eigenvalue weighted by Gasteiger charge is -2.29. The van der Waals surface area contributed by atoms with Crippen LogP contribution in [0.5, 0.6) is 0 Å². The largest absolute Gasteiger partial charge is 0.340 e. The maximum absolute atomic E-state index is 11.8. The highest BCUT2D eigenvalue weighted by atomic mass is 16.2. The molecular formula is C10H18N2O. The van der Waals surface area contributed by atoms with Crippen LogP contribution in [-0.4, -0.2) is 36.5 Å². The predicted molar refractivity (Wildman–Crippen MR) is 51.4 cm³/mol. The van der Waals surface area contributed by atoms with E-state index < -0.39 is 0 Å². The number of hydrogen-bond donors (Lipinski definition) is 1. The fourth-order valence-electron chi connectivity index (χ4n) is 2.16. The zero-order valence-corrected chi connectivity index (χ0v) is 8.25. The van der Waals surface area contributed by atoms with Crippen LogP contribution in [0, 0.1) is 5.92 Å². The lowest BCUT2D eigenvalue weighted by atomic mass is 9.98. The van der Waals surface area contributed by atoms with Crippen molar-refractivity contribution in [2.24, 2.45) is 5.92 Å². The summed E-state index contributed by atoms with van der Waals surface area (Å²) in [4.78, 5) is 13.8. The molecule has 0 spiro atoms. The van der Waals surface area contributed by atoms with Crippen LogP contribution in [0.3, 0.4) is 0 Å². The Labute approximate surface area is 79.5 Å². The number of hydrogen-bond acceptors (Lipinski definition) is 2. The van der Waals surface area contributed by atoms with Gasteiger partial charge in [-0.15, -0.1) is 0 Å². The highest BCUT2D eigenvalue weighted by molar-refractivity contribution is 5.77. The third-order valence-corrected chi connectivity index (χ3v) is 3.20. The van der Waals surface area contributed by atoms with Crippen LogP contribution in [0.4, 0.5) is 0 Å². The number of carbonyl (C=O) groups is 1. The molecule has 74 valence electrons. The lowest BCUT2D eigenvalue weighted by molar-refractivity contribution is -0.133. The molecule has 2 aliphatic rings. The average Bonchev–Trinajstić information content (AvgIpc) is 2.43. The maximum Gasteiger partial charge on any atom is 0.223 e. The summed E-state index contributed by atoms with van der Waals surface area (Å²) in [6.45, 7) is 5.21. The van der Waals surface area contributed by atoms with Crippen LogP contribution in [0.1, 0.15) is 26.2 Å². The normalized spacial score (nSPS) is 29.0. The standard InChI is InChI=1S/C10H18N2O/c1-8-3-2-4-12(8)10(13)5-9-6-11-7-9/h8-9,11H,2-7H2,1H3. The summed E-state index contributed by atoms with van der Waals surface area (Å²) in [5.74, 6) is 0.983. The van der Waals surface area contributed by atoms with E-state index in [9.17, 15) is 4.79 Å². The molecule has 3 nitrogen and oxygen atoms in total. The van der Waals surface area contributed by atoms with Crippen molar-refractivity contribution in [2.45, 2.75) is 32.2 Å². The van der Waals surface area contributed by atoms with Gasteiger partial charge in [-0.1, -0.05) is 0 Å². The highest BCUT2D eigenvalue weighted by Gasteiger charge is 2.28. The summed E-state index contributed by atoms with van der Waals surface area (Å²) in [5.41, 5.74) is 0. The average molecular weight is 182 g/mol. The molecule has 0 bridgehead atoms. The Morgan fingerprint density at radius 3 is 2.77 bits per heavy atom. The van der Waals surface area contributed by atoms with Crippen molar-refractivity contribution in [2.75, 3.05) is 19.6 Å². The van der Waals surface area contributed by atoms with Crippen molar-refractivity contribution >= 4 is 5.91 Å². The summed E-state index contributed by atoms with van der Waals surface area (Å²) >= 11 is 0. The first kappa shape index (κ1) is 9.00. The number of rotatable bonds is 2. The maximum atomic E-state index is 11.8. The summed E-state index contributed by atoms with van der Waals surface area (Å²) in [6, 6.07) is 0.487. The van der Waals surface area contributed by atoms with Gasteiger partial charge in [0.25, 0.3) is 0 Å². The van der Waals surface area contributed by atoms with Crippen molar-refractivity contribution < 1.29 is 4.79 Å². The van der Waals surface area contributed by atoms with Crippen molar-refractivity contribution in [1.82, 2.24) is 10.2 Å². The van der Waals surface area contributed by atoms with Crippen LogP contribution in [-0.2, 0) is 4.79 Å². The molecule has 0 saturated carbocycles. The molecule has 2 rings (SSSR count). The van der Waals surface area contributed by atoms with Crippen molar-refractivity contribution in [3.8, 4) is 0 Å². The fraction of sp³-hybridized carbons (Fsp3) is 0.900. The fourth-order valence-corrected chi connectivity index (χ4v) is 2.16. The van der Waals surface area contributed by atoms with Crippen molar-refractivity contribution in [3.63, 3.8) is 0 Å². The van der Waals surface area contributed by atoms with Crippen molar-refractivity contribution in [3.05, 3.63) is 0 Å². The number of nitrogens with zero attached hydrogens (tertiary/aromatic N) is 1. The smallest absolute Gasteiger partial charge is 0.223 e. The van der Waals surface area contributed by atoms with Gasteiger partial charge in [-0.05, 0) is 38.8 Å². The predicted octanol–water partition coefficient (Wildman–Crippen LogP) is 0.607. The summed E-state index contributed by atoms with van der Waals surface area (Å²) in [6.07, 6.45) is 3.14. The van der Waals surface area contributed by atoms with E-state index in [-0.39, 0.29) is 0 Å². The van der Waals surface area contributed by atoms with Gasteiger partial charge < -0.3 is 10.2 Å². The lowest BCUT2D eigenvalue weighted by Crippen LogP contribution is -2.45. The minimum absolute atomic E-state index is 0.372. The molecule has 2 fully saturated rings. The Morgan fingerprint density at radius 1 is 1.54 bits per heavy atom. The van der Waals surface area contributed by atoms with E-state index in [1.54, 1.807) is 0 Å². The van der Waals surface area contributed by atoms with E-state index in [4.69, 9.17) is 0 Å². The van der Waals surface area contributed by atoms with E-state index in [0.717, 1.165) is 26.1 Å². The third kappa shape index (κ3) is 1.85. The molecular weight excluding hydrogens is 164 g/mol. The van der Waals surface area contributed by atoms with Gasteiger partial charge in [0.05, 0.1) is 0 Å². The zero-order chi connectivity index (χ0) is 9.26. The number of amides is 1. The summed E-state index contributed by atoms with van der Waals surface area (Å²) in [7, 11) is 0. The Bertz CT molecular complexity index is 201. The number of likely N-dealkylation sites (tertiary alicyclic amines) is 1. The van der Waals surface area contributed by atoms with E-state index in [1.807, 2.05) is 0 Å². The van der Waals surface area contributed by atoms with Gasteiger partial charge >= 0.3 is 0 Å². The molecule has 1 atom stereocenters. The van der Waals surface area contributed by atoms with E-state index >= 15 is 0 Å². The van der Waals surface area contributed by atoms with Gasteiger partial charge in [0, 0.05) is 19.0 Å². The molecule has 2 heterocycles. The first-order valence-corrected chi connectivity index (χ1v) is 5.27. The Hall–Kier alpha value is -0.570. The molecule has 0 aromatic rings. The van der Waals surface area contributed by atoms with Gasteiger partial charge in [0.15, 0.2) is 0 Å². The SMILES string of the molecule is CC1CCCN1C(=O)CC1CNC1.